The number of piperazine rings is 1. The minimum Gasteiger partial charge on any atom is -0.475 e. The van der Waals surface area contributed by atoms with Crippen molar-refractivity contribution in [3.8, 4) is 23.4 Å². The van der Waals surface area contributed by atoms with E-state index in [-0.39, 0.29) is 28.6 Å². The number of rotatable bonds is 7. The number of likely N-dealkylation sites (tertiary alicyclic amines) is 1. The van der Waals surface area contributed by atoms with E-state index in [1.807, 2.05) is 6.07 Å². The van der Waals surface area contributed by atoms with Crippen LogP contribution >= 0.6 is 11.6 Å². The molecule has 0 bridgehead atoms. The predicted molar refractivity (Wildman–Crippen MR) is 158 cm³/mol. The highest BCUT2D eigenvalue weighted by Gasteiger charge is 2.29. The fraction of sp³-hybridized carbons (Fsp3) is 0.333. The molecule has 10 nitrogen and oxygen atoms in total. The van der Waals surface area contributed by atoms with Crippen molar-refractivity contribution in [2.24, 2.45) is 0 Å². The zero-order chi connectivity index (χ0) is 29.4. The Morgan fingerprint density at radius 3 is 2.81 bits per heavy atom. The summed E-state index contributed by atoms with van der Waals surface area (Å²) in [5.74, 6) is -0.170. The standard InChI is InChI=1S/C30H29ClFN7O3/c1-3-25(40)38-10-12-39(13-11-38)28-19-7-4-8-24(42-29-21-16-34-36-23(21)14-22(32)26(29)31)27(19)35-30(20(28)15-33)41-17-18-6-5-9-37(18)2/h3-4,7-8,14,16,18H,1,5-6,9-13,17H2,2H3,(H,34,36)/t18-/m0/s1. The van der Waals surface area contributed by atoms with Gasteiger partial charge < -0.3 is 24.2 Å². The largest absolute Gasteiger partial charge is 0.475 e. The van der Waals surface area contributed by atoms with Gasteiger partial charge in [-0.3, -0.25) is 9.89 Å². The molecular formula is C30H29ClFN7O3. The number of para-hydroxylation sites is 1. The van der Waals surface area contributed by atoms with Gasteiger partial charge in [0.25, 0.3) is 0 Å². The van der Waals surface area contributed by atoms with Crippen LogP contribution in [0.4, 0.5) is 10.1 Å². The predicted octanol–water partition coefficient (Wildman–Crippen LogP) is 4.88. The molecule has 1 atom stereocenters. The number of anilines is 1. The zero-order valence-corrected chi connectivity index (χ0v) is 23.8. The van der Waals surface area contributed by atoms with E-state index in [1.165, 1.54) is 18.3 Å². The Bertz CT molecular complexity index is 1730. The first-order chi connectivity index (χ1) is 20.4. The summed E-state index contributed by atoms with van der Waals surface area (Å²) in [6.07, 6.45) is 4.90. The van der Waals surface area contributed by atoms with Gasteiger partial charge in [0, 0.05) is 43.7 Å². The van der Waals surface area contributed by atoms with Gasteiger partial charge in [0.05, 0.1) is 22.8 Å². The lowest BCUT2D eigenvalue weighted by atomic mass is 10.1. The second kappa shape index (κ2) is 11.5. The van der Waals surface area contributed by atoms with Crippen LogP contribution in [0.25, 0.3) is 21.8 Å². The first-order valence-electron chi connectivity index (χ1n) is 13.7. The lowest BCUT2D eigenvalue weighted by Crippen LogP contribution is -2.48. The van der Waals surface area contributed by atoms with Crippen LogP contribution in [0.5, 0.6) is 17.4 Å². The molecule has 2 saturated heterocycles. The number of aromatic nitrogens is 3. The number of fused-ring (bicyclic) bond motifs is 2. The number of likely N-dealkylation sites (N-methyl/N-ethyl adjacent to an activating group) is 1. The SMILES string of the molecule is C=CC(=O)N1CCN(c2c(C#N)c(OC[C@@H]3CCCN3C)nc3c(Oc4c(Cl)c(F)cc5[nH]ncc45)cccc23)CC1. The van der Waals surface area contributed by atoms with E-state index in [1.54, 1.807) is 17.0 Å². The van der Waals surface area contributed by atoms with Gasteiger partial charge >= 0.3 is 0 Å². The Morgan fingerprint density at radius 2 is 2.10 bits per heavy atom. The number of hydrogen-bond acceptors (Lipinski definition) is 8. The number of hydrogen-bond donors (Lipinski definition) is 1. The summed E-state index contributed by atoms with van der Waals surface area (Å²) >= 11 is 6.37. The van der Waals surface area contributed by atoms with Gasteiger partial charge in [-0.2, -0.15) is 10.4 Å². The molecule has 12 heteroatoms. The van der Waals surface area contributed by atoms with Gasteiger partial charge in [0.2, 0.25) is 11.8 Å². The lowest BCUT2D eigenvalue weighted by Gasteiger charge is -2.36. The molecule has 216 valence electrons. The average Bonchev–Trinajstić information content (AvgIpc) is 3.65. The third-order valence-electron chi connectivity index (χ3n) is 8.00. The van der Waals surface area contributed by atoms with Gasteiger partial charge in [-0.05, 0) is 38.6 Å². The number of nitrogens with one attached hydrogen (secondary N) is 1. The summed E-state index contributed by atoms with van der Waals surface area (Å²) in [6.45, 7) is 6.88. The van der Waals surface area contributed by atoms with Crippen molar-refractivity contribution in [2.45, 2.75) is 18.9 Å². The van der Waals surface area contributed by atoms with E-state index in [4.69, 9.17) is 26.1 Å². The molecule has 0 saturated carbocycles. The van der Waals surface area contributed by atoms with Crippen LogP contribution in [0.1, 0.15) is 18.4 Å². The first kappa shape index (κ1) is 27.8. The number of aromatic amines is 1. The van der Waals surface area contributed by atoms with Gasteiger partial charge in [0.15, 0.2) is 11.5 Å². The normalized spacial score (nSPS) is 17.5. The fourth-order valence-corrected chi connectivity index (χ4v) is 5.89. The molecule has 0 radical (unpaired) electrons. The molecule has 4 aromatic rings. The first-order valence-corrected chi connectivity index (χ1v) is 14.1. The Morgan fingerprint density at radius 1 is 1.29 bits per heavy atom. The number of carbonyl (C=O) groups excluding carboxylic acids is 1. The van der Waals surface area contributed by atoms with Crippen LogP contribution in [0.3, 0.4) is 0 Å². The van der Waals surface area contributed by atoms with Crippen molar-refractivity contribution in [1.29, 1.82) is 5.26 Å². The molecule has 2 aromatic carbocycles. The van der Waals surface area contributed by atoms with Crippen molar-refractivity contribution >= 4 is 45.0 Å². The number of nitriles is 1. The van der Waals surface area contributed by atoms with E-state index >= 15 is 0 Å². The topological polar surface area (TPSA) is 111 Å². The maximum atomic E-state index is 14.7. The van der Waals surface area contributed by atoms with Crippen LogP contribution in [0.2, 0.25) is 5.02 Å². The molecule has 4 heterocycles. The maximum Gasteiger partial charge on any atom is 0.246 e. The Labute approximate surface area is 246 Å². The molecule has 1 amide bonds. The van der Waals surface area contributed by atoms with Gasteiger partial charge in [0.1, 0.15) is 34.6 Å². The number of carbonyl (C=O) groups is 1. The van der Waals surface area contributed by atoms with Crippen molar-refractivity contribution in [3.05, 3.63) is 59.5 Å². The average molecular weight is 590 g/mol. The van der Waals surface area contributed by atoms with E-state index < -0.39 is 5.82 Å². The molecule has 42 heavy (non-hydrogen) atoms. The second-order valence-electron chi connectivity index (χ2n) is 10.4. The minimum absolute atomic E-state index is 0.104. The third-order valence-corrected chi connectivity index (χ3v) is 8.35. The monoisotopic (exact) mass is 589 g/mol. The molecule has 2 fully saturated rings. The smallest absolute Gasteiger partial charge is 0.246 e. The number of halogens is 2. The van der Waals surface area contributed by atoms with Crippen LogP contribution in [-0.2, 0) is 4.79 Å². The summed E-state index contributed by atoms with van der Waals surface area (Å²) in [5.41, 5.74) is 1.82. The molecule has 1 N–H and O–H groups in total. The number of amides is 1. The summed E-state index contributed by atoms with van der Waals surface area (Å²) in [4.78, 5) is 23.1. The number of benzene rings is 2. The summed E-state index contributed by atoms with van der Waals surface area (Å²) < 4.78 is 27.2. The highest BCUT2D eigenvalue weighted by Crippen LogP contribution is 2.43. The second-order valence-corrected chi connectivity index (χ2v) is 10.8. The van der Waals surface area contributed by atoms with Crippen LogP contribution in [0.15, 0.2) is 43.1 Å². The maximum absolute atomic E-state index is 14.7. The number of pyridine rings is 1. The fourth-order valence-electron chi connectivity index (χ4n) is 5.70. The summed E-state index contributed by atoms with van der Waals surface area (Å²) in [7, 11) is 2.06. The van der Waals surface area contributed by atoms with Gasteiger partial charge in [-0.15, -0.1) is 0 Å². The summed E-state index contributed by atoms with van der Waals surface area (Å²) in [6, 6.07) is 9.16. The molecule has 0 unspecified atom stereocenters. The quantitative estimate of drug-likeness (QED) is 0.304. The molecule has 2 aromatic heterocycles. The van der Waals surface area contributed by atoms with Crippen LogP contribution < -0.4 is 14.4 Å². The van der Waals surface area contributed by atoms with E-state index in [0.29, 0.717) is 71.6 Å². The van der Waals surface area contributed by atoms with Crippen LogP contribution in [-0.4, -0.2) is 83.3 Å². The van der Waals surface area contributed by atoms with E-state index in [9.17, 15) is 14.4 Å². The van der Waals surface area contributed by atoms with Crippen molar-refractivity contribution in [3.63, 3.8) is 0 Å². The third kappa shape index (κ3) is 4.97. The zero-order valence-electron chi connectivity index (χ0n) is 23.1. The number of H-pyrrole nitrogens is 1. The highest BCUT2D eigenvalue weighted by atomic mass is 35.5. The summed E-state index contributed by atoms with van der Waals surface area (Å²) in [5, 5.41) is 18.1. The molecule has 6 rings (SSSR count). The van der Waals surface area contributed by atoms with Crippen molar-refractivity contribution in [2.75, 3.05) is 51.3 Å². The van der Waals surface area contributed by atoms with E-state index in [0.717, 1.165) is 19.4 Å². The van der Waals surface area contributed by atoms with Crippen molar-refractivity contribution in [1.82, 2.24) is 25.0 Å². The van der Waals surface area contributed by atoms with Crippen LogP contribution in [0, 0.1) is 17.1 Å². The van der Waals surface area contributed by atoms with Gasteiger partial charge in [-0.25, -0.2) is 9.37 Å². The molecule has 0 spiro atoms. The van der Waals surface area contributed by atoms with E-state index in [2.05, 4.69) is 39.7 Å². The lowest BCUT2D eigenvalue weighted by molar-refractivity contribution is -0.126. The highest BCUT2D eigenvalue weighted by molar-refractivity contribution is 6.33. The Kier molecular flexibility index (Phi) is 7.58. The molecular weight excluding hydrogens is 561 g/mol. The molecule has 2 aliphatic heterocycles. The Hall–Kier alpha value is -4.40. The number of nitrogens with zero attached hydrogens (tertiary/aromatic N) is 6. The minimum atomic E-state index is -0.652. The molecule has 2 aliphatic rings. The van der Waals surface area contributed by atoms with Crippen molar-refractivity contribution < 1.29 is 18.7 Å². The van der Waals surface area contributed by atoms with Gasteiger partial charge in [-0.1, -0.05) is 30.3 Å². The number of ether oxygens (including phenoxy) is 2. The Balaban J connectivity index is 1.47. The molecule has 0 aliphatic carbocycles.